The van der Waals surface area contributed by atoms with Crippen LogP contribution >= 0.6 is 0 Å². The molecule has 27 heavy (non-hydrogen) atoms. The van der Waals surface area contributed by atoms with E-state index in [9.17, 15) is 13.0 Å². The fraction of sp³-hybridized carbons (Fsp3) is 0.727. The van der Waals surface area contributed by atoms with Crippen LogP contribution in [-0.4, -0.2) is 19.6 Å². The van der Waals surface area contributed by atoms with E-state index in [1.165, 1.54) is 25.7 Å². The monoisotopic (exact) mass is 398 g/mol. The van der Waals surface area contributed by atoms with Crippen LogP contribution < -0.4 is 4.74 Å². The molecule has 0 saturated carbocycles. The average molecular weight is 399 g/mol. The van der Waals surface area contributed by atoms with Crippen LogP contribution in [0.4, 0.5) is 0 Å². The Morgan fingerprint density at radius 1 is 0.963 bits per heavy atom. The molecular weight excluding hydrogens is 360 g/mol. The summed E-state index contributed by atoms with van der Waals surface area (Å²) < 4.78 is 39.2. The van der Waals surface area contributed by atoms with E-state index in [-0.39, 0.29) is 21.5 Å². The van der Waals surface area contributed by atoms with Crippen molar-refractivity contribution in [3.63, 3.8) is 0 Å². The van der Waals surface area contributed by atoms with E-state index in [1.807, 2.05) is 6.07 Å². The van der Waals surface area contributed by atoms with Gasteiger partial charge in [-0.15, -0.1) is 0 Å². The lowest BCUT2D eigenvalue weighted by molar-refractivity contribution is 0.281. The summed E-state index contributed by atoms with van der Waals surface area (Å²) in [4.78, 5) is -0.132. The van der Waals surface area contributed by atoms with Crippen LogP contribution in [0.1, 0.15) is 92.1 Å². The molecule has 0 atom stereocenters. The van der Waals surface area contributed by atoms with Crippen molar-refractivity contribution in [2.24, 2.45) is 5.41 Å². The van der Waals surface area contributed by atoms with Gasteiger partial charge in [-0.05, 0) is 41.4 Å². The molecule has 0 saturated heterocycles. The van der Waals surface area contributed by atoms with E-state index < -0.39 is 10.1 Å². The molecule has 1 aromatic rings. The Bertz CT molecular complexity index is 685. The Morgan fingerprint density at radius 2 is 1.56 bits per heavy atom. The molecule has 0 fully saturated rings. The molecule has 0 amide bonds. The van der Waals surface area contributed by atoms with Gasteiger partial charge in [0.05, 0.1) is 6.61 Å². The molecule has 156 valence electrons. The smallest absolute Gasteiger partial charge is 0.298 e. The molecule has 1 N–H and O–H groups in total. The lowest BCUT2D eigenvalue weighted by Crippen LogP contribution is -2.25. The van der Waals surface area contributed by atoms with Crippen molar-refractivity contribution >= 4 is 10.1 Å². The van der Waals surface area contributed by atoms with Crippen molar-refractivity contribution in [2.75, 3.05) is 6.61 Å². The van der Waals surface area contributed by atoms with Crippen LogP contribution in [0.3, 0.4) is 0 Å². The Balaban J connectivity index is 2.89. The van der Waals surface area contributed by atoms with Crippen LogP contribution in [0, 0.1) is 5.41 Å². The van der Waals surface area contributed by atoms with Crippen molar-refractivity contribution in [2.45, 2.75) is 96.8 Å². The molecule has 0 aliphatic rings. The summed E-state index contributed by atoms with van der Waals surface area (Å²) in [5.41, 5.74) is 0.779. The maximum absolute atomic E-state index is 11.9. The maximum Gasteiger partial charge on any atom is 0.298 e. The first-order valence-corrected chi connectivity index (χ1v) is 11.6. The number of hydrogen-bond donors (Lipinski definition) is 1. The normalized spacial score (nSPS) is 13.0. The van der Waals surface area contributed by atoms with Crippen LogP contribution in [0.2, 0.25) is 0 Å². The van der Waals surface area contributed by atoms with Gasteiger partial charge in [0.25, 0.3) is 10.1 Å². The minimum absolute atomic E-state index is 0.106. The third-order valence-corrected chi connectivity index (χ3v) is 5.61. The Labute approximate surface area is 166 Å². The molecular formula is C22H38O4S. The molecule has 0 aliphatic carbocycles. The van der Waals surface area contributed by atoms with Crippen LogP contribution in [-0.2, 0) is 15.5 Å². The topological polar surface area (TPSA) is 63.6 Å². The molecule has 0 bridgehead atoms. The van der Waals surface area contributed by atoms with Crippen molar-refractivity contribution in [1.82, 2.24) is 0 Å². The number of unbranched alkanes of at least 4 members (excludes halogenated alkanes) is 5. The van der Waals surface area contributed by atoms with E-state index in [4.69, 9.17) is 4.74 Å². The Kier molecular flexibility index (Phi) is 8.81. The first-order valence-electron chi connectivity index (χ1n) is 10.1. The molecule has 0 radical (unpaired) electrons. The largest absolute Gasteiger partial charge is 0.492 e. The van der Waals surface area contributed by atoms with Gasteiger partial charge >= 0.3 is 0 Å². The minimum atomic E-state index is -4.34. The quantitative estimate of drug-likeness (QED) is 0.347. The Hall–Kier alpha value is -1.07. The molecule has 0 spiro atoms. The van der Waals surface area contributed by atoms with Crippen LogP contribution in [0.15, 0.2) is 23.1 Å². The van der Waals surface area contributed by atoms with Crippen LogP contribution in [0.5, 0.6) is 5.75 Å². The number of rotatable bonds is 11. The van der Waals surface area contributed by atoms with Crippen molar-refractivity contribution in [1.29, 1.82) is 0 Å². The second kappa shape index (κ2) is 9.92. The second-order valence-electron chi connectivity index (χ2n) is 9.37. The van der Waals surface area contributed by atoms with Crippen molar-refractivity contribution in [3.05, 3.63) is 23.8 Å². The summed E-state index contributed by atoms with van der Waals surface area (Å²) in [6.45, 7) is 13.3. The molecule has 4 nitrogen and oxygen atoms in total. The fourth-order valence-corrected chi connectivity index (χ4v) is 4.40. The second-order valence-corrected chi connectivity index (χ2v) is 10.8. The van der Waals surface area contributed by atoms with E-state index >= 15 is 0 Å². The van der Waals surface area contributed by atoms with Crippen LogP contribution in [0.25, 0.3) is 0 Å². The molecule has 0 aliphatic heterocycles. The summed E-state index contributed by atoms with van der Waals surface area (Å²) in [7, 11) is -4.34. The zero-order valence-corrected chi connectivity index (χ0v) is 18.8. The highest BCUT2D eigenvalue weighted by molar-refractivity contribution is 7.86. The third-order valence-electron chi connectivity index (χ3n) is 4.73. The fourth-order valence-electron chi connectivity index (χ4n) is 3.74. The predicted octanol–water partition coefficient (Wildman–Crippen LogP) is 6.39. The van der Waals surface area contributed by atoms with Gasteiger partial charge in [-0.25, -0.2) is 0 Å². The Morgan fingerprint density at radius 3 is 2.11 bits per heavy atom. The van der Waals surface area contributed by atoms with Gasteiger partial charge in [-0.2, -0.15) is 8.42 Å². The van der Waals surface area contributed by atoms with Gasteiger partial charge in [0, 0.05) is 0 Å². The summed E-state index contributed by atoms with van der Waals surface area (Å²) in [6.07, 6.45) is 7.70. The zero-order valence-electron chi connectivity index (χ0n) is 18.0. The first kappa shape index (κ1) is 24.0. The van der Waals surface area contributed by atoms with Gasteiger partial charge in [0.15, 0.2) is 0 Å². The lowest BCUT2D eigenvalue weighted by atomic mass is 9.72. The molecule has 0 aromatic heterocycles. The molecule has 1 aromatic carbocycles. The van der Waals surface area contributed by atoms with Crippen molar-refractivity contribution < 1.29 is 17.7 Å². The first-order chi connectivity index (χ1) is 12.4. The summed E-state index contributed by atoms with van der Waals surface area (Å²) in [5.74, 6) is 0.237. The number of hydrogen-bond acceptors (Lipinski definition) is 3. The zero-order chi connectivity index (χ0) is 20.7. The van der Waals surface area contributed by atoms with Gasteiger partial charge in [-0.1, -0.05) is 79.7 Å². The van der Waals surface area contributed by atoms with Gasteiger partial charge in [0.1, 0.15) is 10.6 Å². The third kappa shape index (κ3) is 8.65. The lowest BCUT2D eigenvalue weighted by Gasteiger charge is -2.33. The summed E-state index contributed by atoms with van der Waals surface area (Å²) >= 11 is 0. The average Bonchev–Trinajstić information content (AvgIpc) is 2.50. The highest BCUT2D eigenvalue weighted by atomic mass is 32.2. The molecule has 1 rings (SSSR count). The summed E-state index contributed by atoms with van der Waals surface area (Å²) in [5, 5.41) is 0. The van der Waals surface area contributed by atoms with Crippen molar-refractivity contribution in [3.8, 4) is 5.75 Å². The minimum Gasteiger partial charge on any atom is -0.492 e. The van der Waals surface area contributed by atoms with E-state index in [0.29, 0.717) is 6.61 Å². The highest BCUT2D eigenvalue weighted by Gasteiger charge is 2.29. The SMILES string of the molecule is CCCCCCCCOc1ccc(C(C)(C)CC(C)(C)C)cc1S(=O)(=O)O. The molecule has 0 unspecified atom stereocenters. The molecule has 0 heterocycles. The highest BCUT2D eigenvalue weighted by Crippen LogP contribution is 2.38. The molecule has 5 heteroatoms. The maximum atomic E-state index is 11.9. The van der Waals surface area contributed by atoms with E-state index in [2.05, 4.69) is 41.5 Å². The van der Waals surface area contributed by atoms with Gasteiger partial charge in [-0.3, -0.25) is 4.55 Å². The standard InChI is InChI=1S/C22H38O4S/c1-7-8-9-10-11-12-15-26-19-14-13-18(16-20(19)27(23,24)25)22(5,6)17-21(2,3)4/h13-14,16H,7-12,15,17H2,1-6H3,(H,23,24,25). The van der Waals surface area contributed by atoms with E-state index in [1.54, 1.807) is 12.1 Å². The van der Waals surface area contributed by atoms with Gasteiger partial charge < -0.3 is 4.74 Å². The number of benzene rings is 1. The number of ether oxygens (including phenoxy) is 1. The predicted molar refractivity (Wildman–Crippen MR) is 112 cm³/mol. The van der Waals surface area contributed by atoms with E-state index in [0.717, 1.165) is 24.8 Å². The summed E-state index contributed by atoms with van der Waals surface area (Å²) in [6, 6.07) is 5.16. The van der Waals surface area contributed by atoms with Gasteiger partial charge in [0.2, 0.25) is 0 Å².